The van der Waals surface area contributed by atoms with Gasteiger partial charge in [0.2, 0.25) is 6.33 Å². The number of hydrogen-bond donors (Lipinski definition) is 0. The fourth-order valence-electron chi connectivity index (χ4n) is 2.85. The van der Waals surface area contributed by atoms with E-state index < -0.39 is 0 Å². The minimum Gasteiger partial charge on any atom is -0.469 e. The lowest BCUT2D eigenvalue weighted by Crippen LogP contribution is -2.31. The Morgan fingerprint density at radius 3 is 2.43 bits per heavy atom. The summed E-state index contributed by atoms with van der Waals surface area (Å²) in [6.45, 7) is 6.61. The Morgan fingerprint density at radius 1 is 1.09 bits per heavy atom. The second-order valence-electron chi connectivity index (χ2n) is 6.36. The molecule has 0 spiro atoms. The van der Waals surface area contributed by atoms with Crippen molar-refractivity contribution in [2.75, 3.05) is 7.11 Å². The zero-order valence-electron chi connectivity index (χ0n) is 15.4. The molecule has 0 N–H and O–H groups in total. The molecule has 1 heterocycles. The molecule has 0 saturated carbocycles. The molecule has 0 atom stereocenters. The van der Waals surface area contributed by atoms with Gasteiger partial charge < -0.3 is 4.74 Å². The Bertz CT molecular complexity index is 441. The first-order chi connectivity index (χ1) is 11.2. The molecule has 4 nitrogen and oxygen atoms in total. The number of carbonyl (C=O) groups is 1. The maximum Gasteiger partial charge on any atom is 0.305 e. The lowest BCUT2D eigenvalue weighted by Gasteiger charge is -2.01. The summed E-state index contributed by atoms with van der Waals surface area (Å²) in [5, 5.41) is 0. The van der Waals surface area contributed by atoms with E-state index in [0.29, 0.717) is 6.42 Å². The molecule has 0 aliphatic rings. The molecule has 4 heteroatoms. The molecule has 0 saturated heterocycles. The van der Waals surface area contributed by atoms with Gasteiger partial charge in [-0.25, -0.2) is 9.13 Å². The highest BCUT2D eigenvalue weighted by Crippen LogP contribution is 2.08. The van der Waals surface area contributed by atoms with Crippen molar-refractivity contribution in [1.29, 1.82) is 0 Å². The van der Waals surface area contributed by atoms with Gasteiger partial charge in [0, 0.05) is 6.42 Å². The van der Waals surface area contributed by atoms with Crippen LogP contribution in [0.15, 0.2) is 12.5 Å². The Morgan fingerprint density at radius 2 is 1.78 bits per heavy atom. The Labute approximate surface area is 141 Å². The maximum absolute atomic E-state index is 11.4. The van der Waals surface area contributed by atoms with Gasteiger partial charge in [-0.2, -0.15) is 0 Å². The average Bonchev–Trinajstić information content (AvgIpc) is 2.95. The van der Waals surface area contributed by atoms with Gasteiger partial charge in [0.05, 0.1) is 26.6 Å². The second-order valence-corrected chi connectivity index (χ2v) is 6.36. The normalized spacial score (nSPS) is 10.9. The number of ether oxygens (including phenoxy) is 1. The molecule has 1 rings (SSSR count). The van der Waals surface area contributed by atoms with E-state index in [2.05, 4.69) is 35.5 Å². The van der Waals surface area contributed by atoms with E-state index in [9.17, 15) is 4.79 Å². The van der Waals surface area contributed by atoms with E-state index in [0.717, 1.165) is 19.5 Å². The predicted octanol–water partition coefficient (Wildman–Crippen LogP) is 4.04. The van der Waals surface area contributed by atoms with Crippen molar-refractivity contribution in [3.63, 3.8) is 0 Å². The third-order valence-electron chi connectivity index (χ3n) is 4.31. The number of aryl methyl sites for hydroxylation is 3. The third-order valence-corrected chi connectivity index (χ3v) is 4.31. The van der Waals surface area contributed by atoms with E-state index >= 15 is 0 Å². The van der Waals surface area contributed by atoms with Crippen molar-refractivity contribution < 1.29 is 14.1 Å². The highest BCUT2D eigenvalue weighted by molar-refractivity contribution is 5.69. The third kappa shape index (κ3) is 8.19. The molecule has 0 aliphatic heterocycles. The van der Waals surface area contributed by atoms with Gasteiger partial charge in [-0.15, -0.1) is 0 Å². The number of hydrogen-bond acceptors (Lipinski definition) is 2. The lowest BCUT2D eigenvalue weighted by atomic mass is 10.2. The number of imidazole rings is 1. The largest absolute Gasteiger partial charge is 0.469 e. The van der Waals surface area contributed by atoms with E-state index in [1.54, 1.807) is 0 Å². The number of nitrogens with zero attached hydrogens (tertiary/aromatic N) is 2. The zero-order chi connectivity index (χ0) is 16.9. The fourth-order valence-corrected chi connectivity index (χ4v) is 2.85. The number of methoxy groups -OCH3 is 1. The quantitative estimate of drug-likeness (QED) is 0.312. The van der Waals surface area contributed by atoms with Crippen LogP contribution >= 0.6 is 0 Å². The van der Waals surface area contributed by atoms with Crippen molar-refractivity contribution in [3.8, 4) is 0 Å². The van der Waals surface area contributed by atoms with Gasteiger partial charge in [-0.1, -0.05) is 39.5 Å². The Hall–Kier alpha value is -1.32. The average molecular weight is 324 g/mol. The standard InChI is InChI=1S/C19H35N2O2/c1-4-6-8-10-14-20-16-18(12-13-19(22)23-3)21(17-20)15-11-9-7-5-2/h16-17H,4-15H2,1-3H3/q+1. The fraction of sp³-hybridized carbons (Fsp3) is 0.789. The van der Waals surface area contributed by atoms with Crippen LogP contribution in [0, 0.1) is 0 Å². The predicted molar refractivity (Wildman–Crippen MR) is 93.2 cm³/mol. The molecule has 0 fully saturated rings. The van der Waals surface area contributed by atoms with Crippen LogP contribution in [0.5, 0.6) is 0 Å². The molecule has 1 aromatic heterocycles. The minimum absolute atomic E-state index is 0.127. The first kappa shape index (κ1) is 19.7. The molecule has 132 valence electrons. The number of aromatic nitrogens is 2. The molecule has 0 aliphatic carbocycles. The van der Waals surface area contributed by atoms with Crippen LogP contribution in [0.25, 0.3) is 0 Å². The number of unbranched alkanes of at least 4 members (excludes halogenated alkanes) is 6. The highest BCUT2D eigenvalue weighted by atomic mass is 16.5. The topological polar surface area (TPSA) is 35.1 Å². The van der Waals surface area contributed by atoms with Crippen molar-refractivity contribution in [2.24, 2.45) is 0 Å². The number of esters is 1. The summed E-state index contributed by atoms with van der Waals surface area (Å²) in [5.74, 6) is -0.127. The van der Waals surface area contributed by atoms with Crippen molar-refractivity contribution in [1.82, 2.24) is 4.57 Å². The van der Waals surface area contributed by atoms with E-state index in [4.69, 9.17) is 4.74 Å². The van der Waals surface area contributed by atoms with Crippen LogP contribution in [0.3, 0.4) is 0 Å². The smallest absolute Gasteiger partial charge is 0.305 e. The van der Waals surface area contributed by atoms with Crippen LogP contribution in [0.4, 0.5) is 0 Å². The molecule has 0 bridgehead atoms. The van der Waals surface area contributed by atoms with Crippen molar-refractivity contribution in [2.45, 2.75) is 91.1 Å². The summed E-state index contributed by atoms with van der Waals surface area (Å²) in [7, 11) is 1.46. The molecule has 0 radical (unpaired) electrons. The van der Waals surface area contributed by atoms with Crippen LogP contribution in [-0.4, -0.2) is 17.6 Å². The maximum atomic E-state index is 11.4. The summed E-state index contributed by atoms with van der Waals surface area (Å²) in [6.07, 6.45) is 15.8. The number of carbonyl (C=O) groups excluding carboxylic acids is 1. The Kier molecular flexibility index (Phi) is 10.4. The monoisotopic (exact) mass is 323 g/mol. The van der Waals surface area contributed by atoms with Gasteiger partial charge in [-0.3, -0.25) is 4.79 Å². The second kappa shape index (κ2) is 12.1. The zero-order valence-corrected chi connectivity index (χ0v) is 15.4. The molecule has 23 heavy (non-hydrogen) atoms. The lowest BCUT2D eigenvalue weighted by molar-refractivity contribution is -0.697. The molecular formula is C19H35N2O2+. The first-order valence-electron chi connectivity index (χ1n) is 9.36. The number of rotatable bonds is 13. The van der Waals surface area contributed by atoms with Gasteiger partial charge in [0.1, 0.15) is 11.9 Å². The minimum atomic E-state index is -0.127. The van der Waals surface area contributed by atoms with Gasteiger partial charge >= 0.3 is 5.97 Å². The molecule has 0 unspecified atom stereocenters. The summed E-state index contributed by atoms with van der Waals surface area (Å²) in [6, 6.07) is 0. The molecule has 1 aromatic rings. The summed E-state index contributed by atoms with van der Waals surface area (Å²) in [4.78, 5) is 11.4. The molecule has 0 aromatic carbocycles. The van der Waals surface area contributed by atoms with Crippen LogP contribution in [0.2, 0.25) is 0 Å². The molecular weight excluding hydrogens is 288 g/mol. The van der Waals surface area contributed by atoms with E-state index in [1.165, 1.54) is 64.2 Å². The van der Waals surface area contributed by atoms with Gasteiger partial charge in [-0.05, 0) is 25.7 Å². The van der Waals surface area contributed by atoms with E-state index in [-0.39, 0.29) is 5.97 Å². The van der Waals surface area contributed by atoms with Crippen LogP contribution in [0.1, 0.15) is 77.3 Å². The summed E-state index contributed by atoms with van der Waals surface area (Å²) < 4.78 is 9.39. The highest BCUT2D eigenvalue weighted by Gasteiger charge is 2.15. The van der Waals surface area contributed by atoms with Gasteiger partial charge in [0.15, 0.2) is 0 Å². The van der Waals surface area contributed by atoms with Crippen molar-refractivity contribution >= 4 is 5.97 Å². The van der Waals surface area contributed by atoms with Crippen LogP contribution < -0.4 is 4.57 Å². The van der Waals surface area contributed by atoms with Gasteiger partial charge in [0.25, 0.3) is 0 Å². The summed E-state index contributed by atoms with van der Waals surface area (Å²) in [5.41, 5.74) is 1.25. The first-order valence-corrected chi connectivity index (χ1v) is 9.36. The van der Waals surface area contributed by atoms with E-state index in [1.807, 2.05) is 0 Å². The SMILES string of the molecule is CCCCCCn1c[n+](CCCCCC)cc1CCC(=O)OC. The molecule has 0 amide bonds. The van der Waals surface area contributed by atoms with Crippen molar-refractivity contribution in [3.05, 3.63) is 18.2 Å². The van der Waals surface area contributed by atoms with Crippen LogP contribution in [-0.2, 0) is 29.0 Å². The summed E-state index contributed by atoms with van der Waals surface area (Å²) >= 11 is 0. The Balaban J connectivity index is 2.57.